The first-order valence-corrected chi connectivity index (χ1v) is 9.78. The van der Waals surface area contributed by atoms with Gasteiger partial charge in [0.1, 0.15) is 23.6 Å². The molecular weight excluding hydrogens is 413 g/mol. The van der Waals surface area contributed by atoms with Crippen LogP contribution in [0, 0.1) is 5.82 Å². The van der Waals surface area contributed by atoms with E-state index in [0.29, 0.717) is 16.6 Å². The molecular formula is C22H20FN7O2. The number of nitrogens with zero attached hydrogens (tertiary/aromatic N) is 4. The Kier molecular flexibility index (Phi) is 5.50. The van der Waals surface area contributed by atoms with Crippen LogP contribution in [0.3, 0.4) is 0 Å². The Morgan fingerprint density at radius 2 is 1.91 bits per heavy atom. The van der Waals surface area contributed by atoms with Gasteiger partial charge in [0.25, 0.3) is 0 Å². The molecule has 162 valence electrons. The molecule has 0 unspecified atom stereocenters. The Bertz CT molecular complexity index is 1330. The molecule has 0 aliphatic heterocycles. The number of anilines is 3. The number of halogens is 1. The zero-order valence-electron chi connectivity index (χ0n) is 17.3. The number of rotatable bonds is 5. The summed E-state index contributed by atoms with van der Waals surface area (Å²) in [6, 6.07) is 6.64. The van der Waals surface area contributed by atoms with Gasteiger partial charge in [-0.2, -0.15) is 0 Å². The Morgan fingerprint density at radius 1 is 1.12 bits per heavy atom. The maximum absolute atomic E-state index is 13.7. The number of hydrogen-bond acceptors (Lipinski definition) is 6. The molecule has 0 aliphatic rings. The van der Waals surface area contributed by atoms with Crippen LogP contribution in [0.4, 0.5) is 26.4 Å². The summed E-state index contributed by atoms with van der Waals surface area (Å²) in [5.41, 5.74) is 7.46. The van der Waals surface area contributed by atoms with Crippen LogP contribution in [0.2, 0.25) is 0 Å². The second-order valence-electron chi connectivity index (χ2n) is 7.35. The number of carbonyl (C=O) groups excluding carboxylic acids is 2. The van der Waals surface area contributed by atoms with Gasteiger partial charge in [0.05, 0.1) is 28.5 Å². The highest BCUT2D eigenvalue weighted by molar-refractivity contribution is 6.18. The first-order chi connectivity index (χ1) is 15.3. The topological polar surface area (TPSA) is 128 Å². The highest BCUT2D eigenvalue weighted by atomic mass is 19.1. The molecule has 3 heterocycles. The smallest absolute Gasteiger partial charge is 0.323 e. The maximum Gasteiger partial charge on any atom is 0.323 e. The van der Waals surface area contributed by atoms with Crippen LogP contribution in [0.25, 0.3) is 11.0 Å². The standard InChI is InChI=1S/C22H20FN7O2/c1-12(2)30-10-15(18-20(24)26-11-27-21(18)30)19(31)13-7-14(9-25-8-13)28-22(32)29-17-6-4-3-5-16(17)23/h3-12H,1-2H3,(H2,24,26,27)(H2,28,29,32). The molecule has 0 saturated heterocycles. The molecule has 0 spiro atoms. The number of benzene rings is 1. The normalized spacial score (nSPS) is 11.0. The molecule has 9 nitrogen and oxygen atoms in total. The number of pyridine rings is 1. The van der Waals surface area contributed by atoms with E-state index in [-0.39, 0.29) is 34.6 Å². The fourth-order valence-electron chi connectivity index (χ4n) is 3.31. The second-order valence-corrected chi connectivity index (χ2v) is 7.35. The Balaban J connectivity index is 1.62. The Morgan fingerprint density at radius 3 is 2.66 bits per heavy atom. The molecule has 0 atom stereocenters. The number of aromatic nitrogens is 4. The van der Waals surface area contributed by atoms with E-state index in [2.05, 4.69) is 25.6 Å². The summed E-state index contributed by atoms with van der Waals surface area (Å²) in [4.78, 5) is 37.9. The SMILES string of the molecule is CC(C)n1cc(C(=O)c2cncc(NC(=O)Nc3ccccc3F)c2)c2c(N)ncnc21. The summed E-state index contributed by atoms with van der Waals surface area (Å²) in [6.07, 6.45) is 5.81. The zero-order valence-corrected chi connectivity index (χ0v) is 17.3. The van der Waals surface area contributed by atoms with Crippen LogP contribution < -0.4 is 16.4 Å². The molecule has 0 radical (unpaired) electrons. The fraction of sp³-hybridized carbons (Fsp3) is 0.136. The van der Waals surface area contributed by atoms with E-state index in [4.69, 9.17) is 5.73 Å². The predicted octanol–water partition coefficient (Wildman–Crippen LogP) is 4.00. The molecule has 4 aromatic rings. The van der Waals surface area contributed by atoms with Crippen molar-refractivity contribution in [2.24, 2.45) is 0 Å². The van der Waals surface area contributed by atoms with E-state index in [1.54, 1.807) is 12.3 Å². The molecule has 3 aromatic heterocycles. The molecule has 10 heteroatoms. The number of amides is 2. The number of hydrogen-bond donors (Lipinski definition) is 3. The van der Waals surface area contributed by atoms with Crippen molar-refractivity contribution < 1.29 is 14.0 Å². The summed E-state index contributed by atoms with van der Waals surface area (Å²) in [5.74, 6) is -0.711. The van der Waals surface area contributed by atoms with Crippen molar-refractivity contribution >= 4 is 40.0 Å². The molecule has 4 rings (SSSR count). The number of carbonyl (C=O) groups is 2. The third kappa shape index (κ3) is 3.97. The minimum Gasteiger partial charge on any atom is -0.383 e. The average Bonchev–Trinajstić information content (AvgIpc) is 3.16. The monoisotopic (exact) mass is 433 g/mol. The van der Waals surface area contributed by atoms with Gasteiger partial charge < -0.3 is 20.9 Å². The van der Waals surface area contributed by atoms with E-state index >= 15 is 0 Å². The van der Waals surface area contributed by atoms with Crippen molar-refractivity contribution in [2.45, 2.75) is 19.9 Å². The van der Waals surface area contributed by atoms with E-state index < -0.39 is 11.8 Å². The highest BCUT2D eigenvalue weighted by Crippen LogP contribution is 2.28. The van der Waals surface area contributed by atoms with E-state index in [1.807, 2.05) is 18.4 Å². The van der Waals surface area contributed by atoms with E-state index in [9.17, 15) is 14.0 Å². The first-order valence-electron chi connectivity index (χ1n) is 9.78. The van der Waals surface area contributed by atoms with Crippen LogP contribution in [0.5, 0.6) is 0 Å². The largest absolute Gasteiger partial charge is 0.383 e. The third-order valence-electron chi connectivity index (χ3n) is 4.82. The summed E-state index contributed by atoms with van der Waals surface area (Å²) < 4.78 is 15.6. The van der Waals surface area contributed by atoms with E-state index in [0.717, 1.165) is 0 Å². The first kappa shape index (κ1) is 20.9. The van der Waals surface area contributed by atoms with Gasteiger partial charge in [0, 0.05) is 24.0 Å². The molecule has 0 bridgehead atoms. The lowest BCUT2D eigenvalue weighted by atomic mass is 10.1. The number of fused-ring (bicyclic) bond motifs is 1. The summed E-state index contributed by atoms with van der Waals surface area (Å²) >= 11 is 0. The molecule has 0 aliphatic carbocycles. The fourth-order valence-corrected chi connectivity index (χ4v) is 3.31. The van der Waals surface area contributed by atoms with Crippen LogP contribution >= 0.6 is 0 Å². The Labute approximate surface area is 182 Å². The van der Waals surface area contributed by atoms with Crippen molar-refractivity contribution in [3.8, 4) is 0 Å². The Hall–Kier alpha value is -4.34. The van der Waals surface area contributed by atoms with Gasteiger partial charge in [-0.3, -0.25) is 9.78 Å². The van der Waals surface area contributed by atoms with E-state index in [1.165, 1.54) is 43.0 Å². The number of urea groups is 1. The number of nitrogen functional groups attached to an aromatic ring is 1. The van der Waals surface area contributed by atoms with Crippen molar-refractivity contribution in [3.63, 3.8) is 0 Å². The van der Waals surface area contributed by atoms with Gasteiger partial charge in [-0.05, 0) is 32.0 Å². The van der Waals surface area contributed by atoms with Crippen LogP contribution in [-0.4, -0.2) is 31.3 Å². The number of ketones is 1. The molecule has 0 fully saturated rings. The lowest BCUT2D eigenvalue weighted by Crippen LogP contribution is -2.20. The predicted molar refractivity (Wildman–Crippen MR) is 119 cm³/mol. The van der Waals surface area contributed by atoms with Crippen molar-refractivity contribution in [3.05, 3.63) is 72.2 Å². The lowest BCUT2D eigenvalue weighted by molar-refractivity contribution is 0.103. The van der Waals surface area contributed by atoms with Gasteiger partial charge >= 0.3 is 6.03 Å². The van der Waals surface area contributed by atoms with Crippen molar-refractivity contribution in [1.82, 2.24) is 19.5 Å². The van der Waals surface area contributed by atoms with Gasteiger partial charge in [-0.25, -0.2) is 19.2 Å². The number of nitrogens with one attached hydrogen (secondary N) is 2. The molecule has 32 heavy (non-hydrogen) atoms. The van der Waals surface area contributed by atoms with Crippen LogP contribution in [0.1, 0.15) is 35.8 Å². The zero-order chi connectivity index (χ0) is 22.8. The van der Waals surface area contributed by atoms with Gasteiger partial charge in [0.15, 0.2) is 5.78 Å². The highest BCUT2D eigenvalue weighted by Gasteiger charge is 2.22. The summed E-state index contributed by atoms with van der Waals surface area (Å²) in [6.45, 7) is 3.93. The molecule has 4 N–H and O–H groups in total. The minimum absolute atomic E-state index is 0.0298. The van der Waals surface area contributed by atoms with Crippen molar-refractivity contribution in [2.75, 3.05) is 16.4 Å². The van der Waals surface area contributed by atoms with Gasteiger partial charge in [0.2, 0.25) is 0 Å². The average molecular weight is 433 g/mol. The number of para-hydroxylation sites is 1. The van der Waals surface area contributed by atoms with Crippen LogP contribution in [-0.2, 0) is 0 Å². The van der Waals surface area contributed by atoms with Gasteiger partial charge in [-0.1, -0.05) is 12.1 Å². The third-order valence-corrected chi connectivity index (χ3v) is 4.82. The summed E-state index contributed by atoms with van der Waals surface area (Å²) in [5, 5.41) is 5.42. The number of nitrogens with two attached hydrogens (primary N) is 1. The molecule has 0 saturated carbocycles. The quantitative estimate of drug-likeness (QED) is 0.408. The lowest BCUT2D eigenvalue weighted by Gasteiger charge is -2.09. The van der Waals surface area contributed by atoms with Crippen LogP contribution in [0.15, 0.2) is 55.2 Å². The molecule has 2 amide bonds. The molecule has 1 aromatic carbocycles. The summed E-state index contributed by atoms with van der Waals surface area (Å²) in [7, 11) is 0. The second kappa shape index (κ2) is 8.42. The van der Waals surface area contributed by atoms with Crippen molar-refractivity contribution in [1.29, 1.82) is 0 Å². The minimum atomic E-state index is -0.671. The van der Waals surface area contributed by atoms with Gasteiger partial charge in [-0.15, -0.1) is 0 Å². The maximum atomic E-state index is 13.7.